The van der Waals surface area contributed by atoms with Gasteiger partial charge in [-0.05, 0) is 43.7 Å². The van der Waals surface area contributed by atoms with Crippen molar-refractivity contribution >= 4 is 21.7 Å². The Balaban J connectivity index is 2.33. The summed E-state index contributed by atoms with van der Waals surface area (Å²) in [5.74, 6) is 0.0821. The van der Waals surface area contributed by atoms with Gasteiger partial charge in [-0.2, -0.15) is 0 Å². The summed E-state index contributed by atoms with van der Waals surface area (Å²) in [5.41, 5.74) is 7.54. The Morgan fingerprint density at radius 2 is 1.85 bits per heavy atom. The van der Waals surface area contributed by atoms with Crippen LogP contribution < -0.4 is 10.5 Å². The molecular formula is C13H16N4O2S. The highest BCUT2D eigenvalue weighted by atomic mass is 32.2. The molecule has 0 aliphatic heterocycles. The zero-order valence-corrected chi connectivity index (χ0v) is 12.1. The highest BCUT2D eigenvalue weighted by Gasteiger charge is 2.15. The summed E-state index contributed by atoms with van der Waals surface area (Å²) in [6.45, 7) is 3.74. The highest BCUT2D eigenvalue weighted by Crippen LogP contribution is 2.15. The van der Waals surface area contributed by atoms with E-state index in [4.69, 9.17) is 5.73 Å². The number of hydrogen-bond acceptors (Lipinski definition) is 5. The molecule has 6 nitrogen and oxygen atoms in total. The van der Waals surface area contributed by atoms with Crippen LogP contribution in [0.15, 0.2) is 35.2 Å². The van der Waals surface area contributed by atoms with Crippen molar-refractivity contribution in [1.29, 1.82) is 0 Å². The van der Waals surface area contributed by atoms with Crippen LogP contribution in [0.1, 0.15) is 18.3 Å². The van der Waals surface area contributed by atoms with Crippen molar-refractivity contribution in [2.45, 2.75) is 25.2 Å². The molecule has 1 aromatic heterocycles. The van der Waals surface area contributed by atoms with Gasteiger partial charge in [-0.15, -0.1) is 0 Å². The number of benzene rings is 1. The van der Waals surface area contributed by atoms with E-state index in [9.17, 15) is 8.42 Å². The lowest BCUT2D eigenvalue weighted by Crippen LogP contribution is -2.16. The van der Waals surface area contributed by atoms with E-state index in [-0.39, 0.29) is 10.8 Å². The van der Waals surface area contributed by atoms with E-state index in [2.05, 4.69) is 14.7 Å². The number of nitrogens with two attached hydrogens (primary N) is 1. The number of aryl methyl sites for hydroxylation is 2. The first kappa shape index (κ1) is 14.3. The Labute approximate surface area is 118 Å². The third-order valence-corrected chi connectivity index (χ3v) is 4.03. The zero-order chi connectivity index (χ0) is 14.8. The van der Waals surface area contributed by atoms with Crippen molar-refractivity contribution in [2.24, 2.45) is 0 Å². The number of hydrogen-bond donors (Lipinski definition) is 2. The predicted octanol–water partition coefficient (Wildman–Crippen LogP) is 1.73. The van der Waals surface area contributed by atoms with E-state index in [1.54, 1.807) is 6.92 Å². The van der Waals surface area contributed by atoms with Crippen LogP contribution in [0.3, 0.4) is 0 Å². The van der Waals surface area contributed by atoms with Crippen LogP contribution in [0, 0.1) is 6.92 Å². The van der Waals surface area contributed by atoms with Crippen molar-refractivity contribution < 1.29 is 8.42 Å². The highest BCUT2D eigenvalue weighted by molar-refractivity contribution is 7.92. The number of sulfonamides is 1. The molecule has 3 N–H and O–H groups in total. The van der Waals surface area contributed by atoms with Gasteiger partial charge in [0, 0.05) is 17.1 Å². The van der Waals surface area contributed by atoms with Gasteiger partial charge in [-0.1, -0.05) is 6.92 Å². The number of aromatic nitrogens is 2. The van der Waals surface area contributed by atoms with E-state index in [1.165, 1.54) is 24.3 Å². The maximum absolute atomic E-state index is 12.2. The summed E-state index contributed by atoms with van der Waals surface area (Å²) in [7, 11) is -3.70. The lowest BCUT2D eigenvalue weighted by atomic mass is 10.3. The second-order valence-corrected chi connectivity index (χ2v) is 6.03. The van der Waals surface area contributed by atoms with Gasteiger partial charge in [-0.3, -0.25) is 0 Å². The quantitative estimate of drug-likeness (QED) is 0.836. The molecule has 1 heterocycles. The van der Waals surface area contributed by atoms with Gasteiger partial charge in [0.1, 0.15) is 0 Å². The van der Waals surface area contributed by atoms with E-state index in [0.29, 0.717) is 17.8 Å². The molecule has 1 aromatic carbocycles. The molecule has 2 rings (SSSR count). The van der Waals surface area contributed by atoms with Crippen LogP contribution in [0.2, 0.25) is 0 Å². The van der Waals surface area contributed by atoms with E-state index >= 15 is 0 Å². The van der Waals surface area contributed by atoms with Gasteiger partial charge in [0.05, 0.1) is 4.90 Å². The Morgan fingerprint density at radius 3 is 2.45 bits per heavy atom. The number of anilines is 2. The number of nitrogens with one attached hydrogen (secondary N) is 1. The first-order valence-electron chi connectivity index (χ1n) is 6.13. The molecule has 0 spiro atoms. The standard InChI is InChI=1S/C13H16N4O2S/c1-3-11-8-9(2)15-13(16-11)17-20(18,19)12-6-4-10(14)5-7-12/h4-8H,3,14H2,1-2H3,(H,15,16,17). The molecule has 0 fully saturated rings. The molecule has 0 bridgehead atoms. The van der Waals surface area contributed by atoms with Gasteiger partial charge < -0.3 is 5.73 Å². The van der Waals surface area contributed by atoms with E-state index in [0.717, 1.165) is 5.69 Å². The third-order valence-electron chi connectivity index (χ3n) is 2.69. The molecule has 0 aliphatic carbocycles. The molecule has 0 unspecified atom stereocenters. The zero-order valence-electron chi connectivity index (χ0n) is 11.3. The Morgan fingerprint density at radius 1 is 1.20 bits per heavy atom. The van der Waals surface area contributed by atoms with Gasteiger partial charge in [-0.25, -0.2) is 23.1 Å². The summed E-state index contributed by atoms with van der Waals surface area (Å²) in [6, 6.07) is 7.76. The SMILES string of the molecule is CCc1cc(C)nc(NS(=O)(=O)c2ccc(N)cc2)n1. The van der Waals surface area contributed by atoms with Crippen LogP contribution in [0.4, 0.5) is 11.6 Å². The van der Waals surface area contributed by atoms with Crippen LogP contribution in [-0.4, -0.2) is 18.4 Å². The minimum Gasteiger partial charge on any atom is -0.399 e. The Kier molecular flexibility index (Phi) is 3.89. The van der Waals surface area contributed by atoms with E-state index < -0.39 is 10.0 Å². The minimum atomic E-state index is -3.70. The van der Waals surface area contributed by atoms with Crippen molar-refractivity contribution in [2.75, 3.05) is 10.5 Å². The third kappa shape index (κ3) is 3.24. The smallest absolute Gasteiger partial charge is 0.264 e. The molecule has 0 saturated carbocycles. The van der Waals surface area contributed by atoms with Gasteiger partial charge in [0.25, 0.3) is 10.0 Å². The molecule has 2 aromatic rings. The summed E-state index contributed by atoms with van der Waals surface area (Å²) in [5, 5.41) is 0. The largest absolute Gasteiger partial charge is 0.399 e. The first-order valence-corrected chi connectivity index (χ1v) is 7.62. The van der Waals surface area contributed by atoms with Crippen LogP contribution in [0.5, 0.6) is 0 Å². The second-order valence-electron chi connectivity index (χ2n) is 4.35. The fraction of sp³-hybridized carbons (Fsp3) is 0.231. The summed E-state index contributed by atoms with van der Waals surface area (Å²) >= 11 is 0. The number of nitrogens with zero attached hydrogens (tertiary/aromatic N) is 2. The fourth-order valence-corrected chi connectivity index (χ4v) is 2.63. The summed E-state index contributed by atoms with van der Waals surface area (Å²) < 4.78 is 26.8. The Bertz CT molecular complexity index is 712. The van der Waals surface area contributed by atoms with E-state index in [1.807, 2.05) is 13.0 Å². The molecule has 0 amide bonds. The summed E-state index contributed by atoms with van der Waals surface area (Å²) in [4.78, 5) is 8.36. The van der Waals surface area contributed by atoms with Crippen molar-refractivity contribution in [1.82, 2.24) is 9.97 Å². The molecular weight excluding hydrogens is 276 g/mol. The summed E-state index contributed by atoms with van der Waals surface area (Å²) in [6.07, 6.45) is 0.708. The molecule has 20 heavy (non-hydrogen) atoms. The van der Waals surface area contributed by atoms with Crippen LogP contribution >= 0.6 is 0 Å². The lowest BCUT2D eigenvalue weighted by Gasteiger charge is -2.08. The molecule has 0 radical (unpaired) electrons. The fourth-order valence-electron chi connectivity index (χ4n) is 1.69. The first-order chi connectivity index (χ1) is 9.40. The maximum Gasteiger partial charge on any atom is 0.264 e. The van der Waals surface area contributed by atoms with Gasteiger partial charge in [0.2, 0.25) is 5.95 Å². The molecule has 0 aliphatic rings. The topological polar surface area (TPSA) is 98.0 Å². The molecule has 0 saturated heterocycles. The van der Waals surface area contributed by atoms with Crippen molar-refractivity contribution in [3.05, 3.63) is 41.7 Å². The monoisotopic (exact) mass is 292 g/mol. The van der Waals surface area contributed by atoms with Gasteiger partial charge in [0.15, 0.2) is 0 Å². The molecule has 0 atom stereocenters. The normalized spacial score (nSPS) is 11.3. The maximum atomic E-state index is 12.2. The molecule has 106 valence electrons. The number of nitrogen functional groups attached to an aromatic ring is 1. The lowest BCUT2D eigenvalue weighted by molar-refractivity contribution is 0.601. The predicted molar refractivity (Wildman–Crippen MR) is 77.8 cm³/mol. The second kappa shape index (κ2) is 5.46. The average molecular weight is 292 g/mol. The average Bonchev–Trinajstić information content (AvgIpc) is 2.37. The van der Waals surface area contributed by atoms with Gasteiger partial charge >= 0.3 is 0 Å². The number of rotatable bonds is 4. The van der Waals surface area contributed by atoms with Crippen LogP contribution in [0.25, 0.3) is 0 Å². The van der Waals surface area contributed by atoms with Crippen molar-refractivity contribution in [3.63, 3.8) is 0 Å². The molecule has 7 heteroatoms. The Hall–Kier alpha value is -2.15. The van der Waals surface area contributed by atoms with Crippen LogP contribution in [-0.2, 0) is 16.4 Å². The van der Waals surface area contributed by atoms with Crippen molar-refractivity contribution in [3.8, 4) is 0 Å². The minimum absolute atomic E-state index is 0.0821.